The zero-order valence-electron chi connectivity index (χ0n) is 10.6. The van der Waals surface area contributed by atoms with E-state index >= 15 is 0 Å². The van der Waals surface area contributed by atoms with Crippen molar-refractivity contribution in [2.45, 2.75) is 32.2 Å². The lowest BCUT2D eigenvalue weighted by Gasteiger charge is -2.13. The zero-order valence-corrected chi connectivity index (χ0v) is 11.5. The van der Waals surface area contributed by atoms with Gasteiger partial charge in [0.2, 0.25) is 10.0 Å². The average Bonchev–Trinajstić information content (AvgIpc) is 2.80. The lowest BCUT2D eigenvalue weighted by Crippen LogP contribution is -2.32. The molecule has 18 heavy (non-hydrogen) atoms. The first-order valence-electron chi connectivity index (χ1n) is 6.42. The Labute approximate surface area is 109 Å². The third kappa shape index (κ3) is 3.71. The van der Waals surface area contributed by atoms with Crippen LogP contribution in [-0.4, -0.2) is 26.8 Å². The van der Waals surface area contributed by atoms with Gasteiger partial charge < -0.3 is 5.32 Å². The summed E-state index contributed by atoms with van der Waals surface area (Å²) in [6, 6.07) is 7.65. The molecule has 0 saturated carbocycles. The van der Waals surface area contributed by atoms with Crippen molar-refractivity contribution in [2.24, 2.45) is 0 Å². The van der Waals surface area contributed by atoms with Gasteiger partial charge in [0.1, 0.15) is 0 Å². The number of aryl methyl sites for hydroxylation is 1. The normalized spacial score (nSPS) is 19.9. The second-order valence-corrected chi connectivity index (χ2v) is 6.50. The zero-order chi connectivity index (χ0) is 13.0. The summed E-state index contributed by atoms with van der Waals surface area (Å²) < 4.78 is 26.7. The van der Waals surface area contributed by atoms with Gasteiger partial charge in [0.25, 0.3) is 0 Å². The average molecular weight is 268 g/mol. The van der Waals surface area contributed by atoms with E-state index in [0.717, 1.165) is 31.4 Å². The van der Waals surface area contributed by atoms with Crippen LogP contribution >= 0.6 is 0 Å². The van der Waals surface area contributed by atoms with Crippen molar-refractivity contribution >= 4 is 15.7 Å². The molecule has 1 aliphatic heterocycles. The van der Waals surface area contributed by atoms with E-state index in [1.54, 1.807) is 6.07 Å². The number of rotatable bonds is 5. The number of sulfonamides is 1. The van der Waals surface area contributed by atoms with Crippen molar-refractivity contribution in [3.63, 3.8) is 0 Å². The van der Waals surface area contributed by atoms with Crippen LogP contribution in [0, 0.1) is 0 Å². The molecule has 1 aliphatic rings. The molecule has 2 N–H and O–H groups in total. The smallest absolute Gasteiger partial charge is 0.234 e. The first kappa shape index (κ1) is 13.4. The molecule has 0 aliphatic carbocycles. The standard InChI is InChI=1S/C13H20N2O2S/c1-2-11-5-3-6-12(9-11)15-18(16,17)10-13-7-4-8-14-13/h3,5-6,9,13-15H,2,4,7-8,10H2,1H3. The van der Waals surface area contributed by atoms with Crippen molar-refractivity contribution < 1.29 is 8.42 Å². The molecule has 0 amide bonds. The fraction of sp³-hybridized carbons (Fsp3) is 0.538. The van der Waals surface area contributed by atoms with Crippen molar-refractivity contribution in [3.05, 3.63) is 29.8 Å². The highest BCUT2D eigenvalue weighted by atomic mass is 32.2. The van der Waals surface area contributed by atoms with E-state index in [9.17, 15) is 8.42 Å². The first-order chi connectivity index (χ1) is 8.59. The lowest BCUT2D eigenvalue weighted by atomic mass is 10.1. The van der Waals surface area contributed by atoms with Gasteiger partial charge in [0, 0.05) is 11.7 Å². The van der Waals surface area contributed by atoms with E-state index in [1.165, 1.54) is 0 Å². The Hall–Kier alpha value is -1.07. The fourth-order valence-corrected chi connectivity index (χ4v) is 3.62. The maximum atomic E-state index is 12.0. The van der Waals surface area contributed by atoms with Crippen molar-refractivity contribution in [2.75, 3.05) is 17.0 Å². The van der Waals surface area contributed by atoms with Gasteiger partial charge in [-0.05, 0) is 43.5 Å². The van der Waals surface area contributed by atoms with Gasteiger partial charge in [-0.1, -0.05) is 19.1 Å². The van der Waals surface area contributed by atoms with E-state index in [-0.39, 0.29) is 11.8 Å². The molecule has 0 spiro atoms. The summed E-state index contributed by atoms with van der Waals surface area (Å²) in [6.45, 7) is 2.97. The third-order valence-corrected chi connectivity index (χ3v) is 4.58. The highest BCUT2D eigenvalue weighted by molar-refractivity contribution is 7.92. The van der Waals surface area contributed by atoms with E-state index in [4.69, 9.17) is 0 Å². The van der Waals surface area contributed by atoms with Crippen molar-refractivity contribution in [3.8, 4) is 0 Å². The highest BCUT2D eigenvalue weighted by Gasteiger charge is 2.21. The van der Waals surface area contributed by atoms with E-state index < -0.39 is 10.0 Å². The van der Waals surface area contributed by atoms with Crippen LogP contribution < -0.4 is 10.0 Å². The number of hydrogen-bond donors (Lipinski definition) is 2. The summed E-state index contributed by atoms with van der Waals surface area (Å²) in [4.78, 5) is 0. The van der Waals surface area contributed by atoms with Gasteiger partial charge in [0.05, 0.1) is 5.75 Å². The van der Waals surface area contributed by atoms with Gasteiger partial charge in [0.15, 0.2) is 0 Å². The maximum Gasteiger partial charge on any atom is 0.234 e. The Bertz CT molecular complexity index is 493. The summed E-state index contributed by atoms with van der Waals surface area (Å²) in [7, 11) is -3.26. The first-order valence-corrected chi connectivity index (χ1v) is 8.07. The van der Waals surface area contributed by atoms with Crippen LogP contribution in [0.15, 0.2) is 24.3 Å². The molecule has 5 heteroatoms. The number of hydrogen-bond acceptors (Lipinski definition) is 3. The molecule has 2 rings (SSSR count). The Kier molecular flexibility index (Phi) is 4.24. The molecular weight excluding hydrogens is 248 g/mol. The second-order valence-electron chi connectivity index (χ2n) is 4.73. The van der Waals surface area contributed by atoms with Crippen molar-refractivity contribution in [1.82, 2.24) is 5.32 Å². The third-order valence-electron chi connectivity index (χ3n) is 3.19. The topological polar surface area (TPSA) is 58.2 Å². The van der Waals surface area contributed by atoms with E-state index in [1.807, 2.05) is 18.2 Å². The molecule has 4 nitrogen and oxygen atoms in total. The number of anilines is 1. The molecular formula is C13H20N2O2S. The monoisotopic (exact) mass is 268 g/mol. The minimum atomic E-state index is -3.26. The predicted octanol–water partition coefficient (Wildman–Crippen LogP) is 1.74. The van der Waals surface area contributed by atoms with Gasteiger partial charge >= 0.3 is 0 Å². The fourth-order valence-electron chi connectivity index (χ4n) is 2.24. The molecule has 1 unspecified atom stereocenters. The van der Waals surface area contributed by atoms with Crippen LogP contribution in [0.25, 0.3) is 0 Å². The second kappa shape index (κ2) is 5.71. The predicted molar refractivity (Wildman–Crippen MR) is 74.3 cm³/mol. The van der Waals surface area contributed by atoms with Gasteiger partial charge in [-0.25, -0.2) is 8.42 Å². The highest BCUT2D eigenvalue weighted by Crippen LogP contribution is 2.14. The van der Waals surface area contributed by atoms with Gasteiger partial charge in [-0.2, -0.15) is 0 Å². The Morgan fingerprint density at radius 2 is 2.28 bits per heavy atom. The van der Waals surface area contributed by atoms with Crippen LogP contribution in [0.3, 0.4) is 0 Å². The maximum absolute atomic E-state index is 12.0. The molecule has 1 aromatic rings. The Morgan fingerprint density at radius 1 is 1.44 bits per heavy atom. The molecule has 100 valence electrons. The number of benzene rings is 1. The number of nitrogens with one attached hydrogen (secondary N) is 2. The van der Waals surface area contributed by atoms with E-state index in [0.29, 0.717) is 5.69 Å². The van der Waals surface area contributed by atoms with Crippen LogP contribution in [0.2, 0.25) is 0 Å². The van der Waals surface area contributed by atoms with Crippen LogP contribution in [0.5, 0.6) is 0 Å². The summed E-state index contributed by atoms with van der Waals surface area (Å²) in [5.41, 5.74) is 1.79. The summed E-state index contributed by atoms with van der Waals surface area (Å²) in [5, 5.41) is 3.20. The summed E-state index contributed by atoms with van der Waals surface area (Å²) in [5.74, 6) is 0.156. The van der Waals surface area contributed by atoms with Crippen molar-refractivity contribution in [1.29, 1.82) is 0 Å². The van der Waals surface area contributed by atoms with Gasteiger partial charge in [-0.15, -0.1) is 0 Å². The minimum Gasteiger partial charge on any atom is -0.313 e. The molecule has 1 heterocycles. The summed E-state index contributed by atoms with van der Waals surface area (Å²) in [6.07, 6.45) is 2.90. The Morgan fingerprint density at radius 3 is 2.94 bits per heavy atom. The molecule has 1 saturated heterocycles. The van der Waals surface area contributed by atoms with E-state index in [2.05, 4.69) is 17.0 Å². The molecule has 0 radical (unpaired) electrons. The van der Waals surface area contributed by atoms with Crippen LogP contribution in [0.4, 0.5) is 5.69 Å². The molecule has 1 atom stereocenters. The Balaban J connectivity index is 2.02. The largest absolute Gasteiger partial charge is 0.313 e. The van der Waals surface area contributed by atoms with Gasteiger partial charge in [-0.3, -0.25) is 4.72 Å². The van der Waals surface area contributed by atoms with Crippen LogP contribution in [0.1, 0.15) is 25.3 Å². The SMILES string of the molecule is CCc1cccc(NS(=O)(=O)CC2CCCN2)c1. The molecule has 0 aromatic heterocycles. The quantitative estimate of drug-likeness (QED) is 0.855. The minimum absolute atomic E-state index is 0.0943. The summed E-state index contributed by atoms with van der Waals surface area (Å²) >= 11 is 0. The molecule has 0 bridgehead atoms. The lowest BCUT2D eigenvalue weighted by molar-refractivity contribution is 0.582. The molecule has 1 fully saturated rings. The van der Waals surface area contributed by atoms with Crippen LogP contribution in [-0.2, 0) is 16.4 Å². The molecule has 1 aromatic carbocycles.